The van der Waals surface area contributed by atoms with Gasteiger partial charge >= 0.3 is 0 Å². The molecule has 2 amide bonds. The van der Waals surface area contributed by atoms with Crippen LogP contribution in [0.25, 0.3) is 0 Å². The van der Waals surface area contributed by atoms with Gasteiger partial charge in [-0.25, -0.2) is 0 Å². The highest BCUT2D eigenvalue weighted by atomic mass is 32.2. The Kier molecular flexibility index (Phi) is 5.04. The van der Waals surface area contributed by atoms with Gasteiger partial charge in [0.2, 0.25) is 11.8 Å². The average Bonchev–Trinajstić information content (AvgIpc) is 3.21. The summed E-state index contributed by atoms with van der Waals surface area (Å²) in [5.74, 6) is 2.25. The van der Waals surface area contributed by atoms with Gasteiger partial charge in [-0.05, 0) is 31.0 Å². The predicted octanol–water partition coefficient (Wildman–Crippen LogP) is 1.93. The van der Waals surface area contributed by atoms with Crippen molar-refractivity contribution >= 4 is 23.6 Å². The lowest BCUT2D eigenvalue weighted by molar-refractivity contribution is -0.143. The highest BCUT2D eigenvalue weighted by Crippen LogP contribution is 2.27. The van der Waals surface area contributed by atoms with Gasteiger partial charge in [0.15, 0.2) is 0 Å². The van der Waals surface area contributed by atoms with Crippen molar-refractivity contribution in [3.63, 3.8) is 0 Å². The maximum Gasteiger partial charge on any atom is 0.246 e. The van der Waals surface area contributed by atoms with Crippen LogP contribution in [0.3, 0.4) is 0 Å². The van der Waals surface area contributed by atoms with Crippen LogP contribution in [0.4, 0.5) is 0 Å². The van der Waals surface area contributed by atoms with E-state index < -0.39 is 0 Å². The van der Waals surface area contributed by atoms with Crippen molar-refractivity contribution in [2.24, 2.45) is 0 Å². The minimum atomic E-state index is -0.340. The fourth-order valence-electron chi connectivity index (χ4n) is 3.01. The number of carbonyl (C=O) groups is 2. The first-order valence-corrected chi connectivity index (χ1v) is 9.51. The number of likely N-dealkylation sites (N-methyl/N-ethyl adjacent to an activating group) is 1. The molecule has 0 N–H and O–H groups in total. The van der Waals surface area contributed by atoms with E-state index in [0.717, 1.165) is 17.7 Å². The summed E-state index contributed by atoms with van der Waals surface area (Å²) in [6.45, 7) is 4.69. The molecule has 0 spiro atoms. The molecule has 5 nitrogen and oxygen atoms in total. The molecule has 1 fully saturated rings. The molecule has 1 aromatic rings. The fourth-order valence-corrected chi connectivity index (χ4v) is 4.18. The van der Waals surface area contributed by atoms with Crippen LogP contribution in [-0.4, -0.2) is 59.0 Å². The predicted molar refractivity (Wildman–Crippen MR) is 95.2 cm³/mol. The van der Waals surface area contributed by atoms with Crippen LogP contribution in [-0.2, 0) is 22.4 Å². The zero-order valence-corrected chi connectivity index (χ0v) is 15.3. The van der Waals surface area contributed by atoms with Gasteiger partial charge in [0.25, 0.3) is 0 Å². The van der Waals surface area contributed by atoms with E-state index in [-0.39, 0.29) is 23.9 Å². The summed E-state index contributed by atoms with van der Waals surface area (Å²) in [4.78, 5) is 28.8. The molecule has 2 heterocycles. The summed E-state index contributed by atoms with van der Waals surface area (Å²) < 4.78 is 5.51. The summed E-state index contributed by atoms with van der Waals surface area (Å²) in [5, 5.41) is 0. The molecule has 0 radical (unpaired) electrons. The number of rotatable bonds is 4. The van der Waals surface area contributed by atoms with Gasteiger partial charge < -0.3 is 14.5 Å². The minimum absolute atomic E-state index is 0.0226. The average molecular weight is 348 g/mol. The fraction of sp³-hybridized carbons (Fsp3) is 0.556. The molecule has 0 bridgehead atoms. The summed E-state index contributed by atoms with van der Waals surface area (Å²) in [6.07, 6.45) is 1.24. The van der Waals surface area contributed by atoms with Gasteiger partial charge in [0.05, 0.1) is 18.9 Å². The van der Waals surface area contributed by atoms with Gasteiger partial charge in [-0.15, -0.1) is 11.8 Å². The smallest absolute Gasteiger partial charge is 0.246 e. The summed E-state index contributed by atoms with van der Waals surface area (Å²) in [6, 6.07) is 5.74. The Bertz CT molecular complexity index is 647. The lowest BCUT2D eigenvalue weighted by Crippen LogP contribution is -2.49. The Hall–Kier alpha value is -1.69. The number of thioether (sulfide) groups is 1. The van der Waals surface area contributed by atoms with Crippen molar-refractivity contribution < 1.29 is 14.3 Å². The van der Waals surface area contributed by atoms with Crippen LogP contribution in [0.1, 0.15) is 25.0 Å². The Morgan fingerprint density at radius 2 is 2.21 bits per heavy atom. The Morgan fingerprint density at radius 1 is 1.42 bits per heavy atom. The summed E-state index contributed by atoms with van der Waals surface area (Å²) in [5.41, 5.74) is 2.16. The first-order valence-electron chi connectivity index (χ1n) is 8.36. The van der Waals surface area contributed by atoms with Crippen molar-refractivity contribution in [1.82, 2.24) is 9.80 Å². The standard InChI is InChI=1S/C18H24N2O3S/c1-12(2)19(3)18(22)15-10-24-11-20(15)17(21)9-13-4-5-16-14(8-13)6-7-23-16/h4-5,8,12,15H,6-7,9-11H2,1-3H3/t15-/m1/s1. The molecule has 2 aliphatic heterocycles. The molecule has 130 valence electrons. The van der Waals surface area contributed by atoms with E-state index in [1.54, 1.807) is 28.6 Å². The normalized spacial score (nSPS) is 19.3. The largest absolute Gasteiger partial charge is 0.493 e. The number of fused-ring (bicyclic) bond motifs is 1. The molecule has 6 heteroatoms. The molecule has 24 heavy (non-hydrogen) atoms. The van der Waals surface area contributed by atoms with Gasteiger partial charge in [-0.3, -0.25) is 9.59 Å². The zero-order valence-electron chi connectivity index (χ0n) is 14.4. The first kappa shape index (κ1) is 17.1. The lowest BCUT2D eigenvalue weighted by atomic mass is 10.1. The third kappa shape index (κ3) is 3.38. The van der Waals surface area contributed by atoms with E-state index in [0.29, 0.717) is 24.7 Å². The van der Waals surface area contributed by atoms with Crippen LogP contribution in [0, 0.1) is 0 Å². The van der Waals surface area contributed by atoms with Gasteiger partial charge in [-0.2, -0.15) is 0 Å². The molecule has 0 aliphatic carbocycles. The minimum Gasteiger partial charge on any atom is -0.493 e. The van der Waals surface area contributed by atoms with Crippen LogP contribution in [0.5, 0.6) is 5.75 Å². The van der Waals surface area contributed by atoms with Crippen molar-refractivity contribution in [2.45, 2.75) is 38.8 Å². The number of carbonyl (C=O) groups excluding carboxylic acids is 2. The number of ether oxygens (including phenoxy) is 1. The quantitative estimate of drug-likeness (QED) is 0.834. The lowest BCUT2D eigenvalue weighted by Gasteiger charge is -2.29. The molecule has 1 atom stereocenters. The second-order valence-corrected chi connectivity index (χ2v) is 7.64. The Balaban J connectivity index is 1.68. The summed E-state index contributed by atoms with van der Waals surface area (Å²) in [7, 11) is 1.80. The Morgan fingerprint density at radius 3 is 2.96 bits per heavy atom. The van der Waals surface area contributed by atoms with Crippen molar-refractivity contribution in [3.8, 4) is 5.75 Å². The van der Waals surface area contributed by atoms with Crippen LogP contribution < -0.4 is 4.74 Å². The van der Waals surface area contributed by atoms with E-state index >= 15 is 0 Å². The molecular weight excluding hydrogens is 324 g/mol. The number of benzene rings is 1. The van der Waals surface area contributed by atoms with Crippen molar-refractivity contribution in [2.75, 3.05) is 25.3 Å². The van der Waals surface area contributed by atoms with E-state index in [2.05, 4.69) is 6.07 Å². The number of nitrogens with zero attached hydrogens (tertiary/aromatic N) is 2. The molecule has 0 saturated carbocycles. The van der Waals surface area contributed by atoms with Gasteiger partial charge in [-0.1, -0.05) is 12.1 Å². The van der Waals surface area contributed by atoms with Crippen LogP contribution in [0.2, 0.25) is 0 Å². The Labute approximate surface area is 147 Å². The molecule has 0 unspecified atom stereocenters. The zero-order chi connectivity index (χ0) is 17.3. The first-order chi connectivity index (χ1) is 11.5. The third-order valence-corrected chi connectivity index (χ3v) is 5.73. The third-order valence-electron chi connectivity index (χ3n) is 4.72. The van der Waals surface area contributed by atoms with Gasteiger partial charge in [0.1, 0.15) is 11.8 Å². The molecule has 0 aromatic heterocycles. The van der Waals surface area contributed by atoms with Crippen LogP contribution in [0.15, 0.2) is 18.2 Å². The molecule has 3 rings (SSSR count). The van der Waals surface area contributed by atoms with E-state index in [1.807, 2.05) is 26.0 Å². The number of hydrogen-bond acceptors (Lipinski definition) is 4. The van der Waals surface area contributed by atoms with Crippen molar-refractivity contribution in [1.29, 1.82) is 0 Å². The molecule has 1 saturated heterocycles. The molecule has 2 aliphatic rings. The second-order valence-electron chi connectivity index (χ2n) is 6.64. The maximum absolute atomic E-state index is 12.7. The molecular formula is C18H24N2O3S. The topological polar surface area (TPSA) is 49.9 Å². The molecule has 1 aromatic carbocycles. The second kappa shape index (κ2) is 7.05. The van der Waals surface area contributed by atoms with Crippen LogP contribution >= 0.6 is 11.8 Å². The van der Waals surface area contributed by atoms with E-state index in [9.17, 15) is 9.59 Å². The summed E-state index contributed by atoms with van der Waals surface area (Å²) >= 11 is 1.64. The highest BCUT2D eigenvalue weighted by molar-refractivity contribution is 7.99. The monoisotopic (exact) mass is 348 g/mol. The van der Waals surface area contributed by atoms with Crippen molar-refractivity contribution in [3.05, 3.63) is 29.3 Å². The van der Waals surface area contributed by atoms with Gasteiger partial charge in [0, 0.05) is 25.3 Å². The number of amides is 2. The van der Waals surface area contributed by atoms with E-state index in [4.69, 9.17) is 4.74 Å². The maximum atomic E-state index is 12.7. The number of hydrogen-bond donors (Lipinski definition) is 0. The van der Waals surface area contributed by atoms with E-state index in [1.165, 1.54) is 5.56 Å². The SMILES string of the molecule is CC(C)N(C)C(=O)[C@H]1CSCN1C(=O)Cc1ccc2c(c1)CCO2. The highest BCUT2D eigenvalue weighted by Gasteiger charge is 2.36.